The number of aromatic nitrogens is 1. The van der Waals surface area contributed by atoms with Crippen LogP contribution in [0.4, 0.5) is 5.82 Å². The molecule has 0 saturated carbocycles. The van der Waals surface area contributed by atoms with Crippen LogP contribution in [-0.4, -0.2) is 36.6 Å². The normalized spacial score (nSPS) is 12.0. The number of hydrogen-bond acceptors (Lipinski definition) is 4. The lowest BCUT2D eigenvalue weighted by Crippen LogP contribution is -2.26. The smallest absolute Gasteiger partial charge is 0.128 e. The Hall–Kier alpha value is -0.740. The Balaban J connectivity index is 3.03. The highest BCUT2D eigenvalue weighted by atomic mass is 32.2. The van der Waals surface area contributed by atoms with Gasteiger partial charge in [-0.15, -0.1) is 0 Å². The number of nitrogens with zero attached hydrogens (tertiary/aromatic N) is 2. The maximum Gasteiger partial charge on any atom is 0.128 e. The molecule has 1 heterocycles. The standard InChI is InChI=1S/C17H31N3S/c1-13(2)18-12-14-10-15(17(3,4)5)19-16(11-14)20(6)8-9-21-7/h10-11,13,18H,8-9,12H2,1-7H3. The molecule has 0 radical (unpaired) electrons. The molecule has 120 valence electrons. The summed E-state index contributed by atoms with van der Waals surface area (Å²) in [5.41, 5.74) is 2.55. The minimum absolute atomic E-state index is 0.0724. The summed E-state index contributed by atoms with van der Waals surface area (Å²) in [6.07, 6.45) is 2.14. The molecule has 1 aromatic rings. The molecule has 1 N–H and O–H groups in total. The molecule has 3 nitrogen and oxygen atoms in total. The zero-order valence-electron chi connectivity index (χ0n) is 14.7. The summed E-state index contributed by atoms with van der Waals surface area (Å²) in [5, 5.41) is 3.50. The Morgan fingerprint density at radius 2 is 1.95 bits per heavy atom. The fourth-order valence-electron chi connectivity index (χ4n) is 1.92. The lowest BCUT2D eigenvalue weighted by Gasteiger charge is -2.24. The lowest BCUT2D eigenvalue weighted by molar-refractivity contribution is 0.560. The molecule has 0 aliphatic heterocycles. The first-order chi connectivity index (χ1) is 9.74. The van der Waals surface area contributed by atoms with Gasteiger partial charge < -0.3 is 10.2 Å². The Kier molecular flexibility index (Phi) is 7.01. The Morgan fingerprint density at radius 3 is 2.48 bits per heavy atom. The van der Waals surface area contributed by atoms with Crippen molar-refractivity contribution in [3.05, 3.63) is 23.4 Å². The van der Waals surface area contributed by atoms with Crippen molar-refractivity contribution in [3.63, 3.8) is 0 Å². The van der Waals surface area contributed by atoms with E-state index in [1.54, 1.807) is 0 Å². The van der Waals surface area contributed by atoms with Crippen molar-refractivity contribution in [2.75, 3.05) is 30.5 Å². The SMILES string of the molecule is CSCCN(C)c1cc(CNC(C)C)cc(C(C)(C)C)n1. The third kappa shape index (κ3) is 6.27. The summed E-state index contributed by atoms with van der Waals surface area (Å²) in [6, 6.07) is 4.95. The lowest BCUT2D eigenvalue weighted by atomic mass is 9.90. The van der Waals surface area contributed by atoms with Crippen molar-refractivity contribution >= 4 is 17.6 Å². The van der Waals surface area contributed by atoms with E-state index in [-0.39, 0.29) is 5.41 Å². The number of nitrogens with one attached hydrogen (secondary N) is 1. The Bertz CT molecular complexity index is 438. The number of thioether (sulfide) groups is 1. The number of pyridine rings is 1. The number of anilines is 1. The van der Waals surface area contributed by atoms with E-state index in [1.165, 1.54) is 5.56 Å². The Morgan fingerprint density at radius 1 is 1.29 bits per heavy atom. The van der Waals surface area contributed by atoms with Crippen LogP contribution in [0.3, 0.4) is 0 Å². The van der Waals surface area contributed by atoms with Gasteiger partial charge >= 0.3 is 0 Å². The second-order valence-electron chi connectivity index (χ2n) is 6.92. The summed E-state index contributed by atoms with van der Waals surface area (Å²) in [6.45, 7) is 12.9. The summed E-state index contributed by atoms with van der Waals surface area (Å²) < 4.78 is 0. The summed E-state index contributed by atoms with van der Waals surface area (Å²) in [4.78, 5) is 7.13. The van der Waals surface area contributed by atoms with Crippen LogP contribution in [0.1, 0.15) is 45.9 Å². The van der Waals surface area contributed by atoms with E-state index in [1.807, 2.05) is 11.8 Å². The zero-order chi connectivity index (χ0) is 16.0. The minimum Gasteiger partial charge on any atom is -0.359 e. The molecular formula is C17H31N3S. The molecule has 0 unspecified atom stereocenters. The van der Waals surface area contributed by atoms with Crippen LogP contribution in [0.5, 0.6) is 0 Å². The first kappa shape index (κ1) is 18.3. The van der Waals surface area contributed by atoms with Crippen LogP contribution in [0, 0.1) is 0 Å². The second-order valence-corrected chi connectivity index (χ2v) is 7.90. The minimum atomic E-state index is 0.0724. The van der Waals surface area contributed by atoms with Gasteiger partial charge in [-0.1, -0.05) is 34.6 Å². The molecule has 0 saturated heterocycles. The maximum atomic E-state index is 4.87. The monoisotopic (exact) mass is 309 g/mol. The van der Waals surface area contributed by atoms with E-state index >= 15 is 0 Å². The van der Waals surface area contributed by atoms with E-state index < -0.39 is 0 Å². The molecule has 0 amide bonds. The molecule has 1 rings (SSSR count). The topological polar surface area (TPSA) is 28.2 Å². The Labute approximate surface area is 134 Å². The molecule has 0 fully saturated rings. The largest absolute Gasteiger partial charge is 0.359 e. The second kappa shape index (κ2) is 8.04. The summed E-state index contributed by atoms with van der Waals surface area (Å²) >= 11 is 1.87. The molecule has 4 heteroatoms. The van der Waals surface area contributed by atoms with E-state index in [0.29, 0.717) is 6.04 Å². The van der Waals surface area contributed by atoms with E-state index in [2.05, 4.69) is 70.3 Å². The first-order valence-electron chi connectivity index (χ1n) is 7.69. The molecule has 0 aliphatic rings. The van der Waals surface area contributed by atoms with Gasteiger partial charge in [-0.2, -0.15) is 11.8 Å². The van der Waals surface area contributed by atoms with Gasteiger partial charge in [-0.3, -0.25) is 0 Å². The summed E-state index contributed by atoms with van der Waals surface area (Å²) in [7, 11) is 2.13. The van der Waals surface area contributed by atoms with E-state index in [9.17, 15) is 0 Å². The predicted octanol–water partition coefficient (Wildman–Crippen LogP) is 3.68. The van der Waals surface area contributed by atoms with Gasteiger partial charge in [0.15, 0.2) is 0 Å². The fourth-order valence-corrected chi connectivity index (χ4v) is 2.37. The quantitative estimate of drug-likeness (QED) is 0.832. The highest BCUT2D eigenvalue weighted by Crippen LogP contribution is 2.24. The third-order valence-corrected chi connectivity index (χ3v) is 3.97. The van der Waals surface area contributed by atoms with Crippen LogP contribution in [0.15, 0.2) is 12.1 Å². The van der Waals surface area contributed by atoms with Gasteiger partial charge in [0, 0.05) is 43.0 Å². The van der Waals surface area contributed by atoms with Gasteiger partial charge in [0.1, 0.15) is 5.82 Å². The molecule has 0 bridgehead atoms. The fraction of sp³-hybridized carbons (Fsp3) is 0.706. The first-order valence-corrected chi connectivity index (χ1v) is 9.08. The van der Waals surface area contributed by atoms with Crippen molar-refractivity contribution in [1.29, 1.82) is 0 Å². The molecule has 0 aromatic carbocycles. The van der Waals surface area contributed by atoms with Gasteiger partial charge in [0.2, 0.25) is 0 Å². The van der Waals surface area contributed by atoms with E-state index in [4.69, 9.17) is 4.98 Å². The van der Waals surface area contributed by atoms with Crippen LogP contribution in [0.2, 0.25) is 0 Å². The summed E-state index contributed by atoms with van der Waals surface area (Å²) in [5.74, 6) is 2.20. The van der Waals surface area contributed by atoms with Crippen molar-refractivity contribution in [1.82, 2.24) is 10.3 Å². The zero-order valence-corrected chi connectivity index (χ0v) is 15.5. The van der Waals surface area contributed by atoms with Crippen LogP contribution < -0.4 is 10.2 Å². The van der Waals surface area contributed by atoms with E-state index in [0.717, 1.165) is 30.4 Å². The van der Waals surface area contributed by atoms with Crippen molar-refractivity contribution in [2.24, 2.45) is 0 Å². The van der Waals surface area contributed by atoms with Gasteiger partial charge in [-0.05, 0) is 24.0 Å². The highest BCUT2D eigenvalue weighted by Gasteiger charge is 2.18. The molecule has 0 atom stereocenters. The number of rotatable bonds is 7. The average Bonchev–Trinajstić information content (AvgIpc) is 2.41. The van der Waals surface area contributed by atoms with Crippen molar-refractivity contribution in [2.45, 2.75) is 52.6 Å². The van der Waals surface area contributed by atoms with Crippen LogP contribution >= 0.6 is 11.8 Å². The van der Waals surface area contributed by atoms with Crippen molar-refractivity contribution in [3.8, 4) is 0 Å². The highest BCUT2D eigenvalue weighted by molar-refractivity contribution is 7.98. The predicted molar refractivity (Wildman–Crippen MR) is 96.6 cm³/mol. The molecular weight excluding hydrogens is 278 g/mol. The molecule has 0 spiro atoms. The molecule has 21 heavy (non-hydrogen) atoms. The molecule has 0 aliphatic carbocycles. The van der Waals surface area contributed by atoms with Gasteiger partial charge in [-0.25, -0.2) is 4.98 Å². The van der Waals surface area contributed by atoms with Crippen LogP contribution in [0.25, 0.3) is 0 Å². The number of hydrogen-bond donors (Lipinski definition) is 1. The molecule has 1 aromatic heterocycles. The van der Waals surface area contributed by atoms with Crippen LogP contribution in [-0.2, 0) is 12.0 Å². The van der Waals surface area contributed by atoms with Crippen molar-refractivity contribution < 1.29 is 0 Å². The van der Waals surface area contributed by atoms with Gasteiger partial charge in [0.25, 0.3) is 0 Å². The third-order valence-electron chi connectivity index (χ3n) is 3.38. The average molecular weight is 310 g/mol. The van der Waals surface area contributed by atoms with Gasteiger partial charge in [0.05, 0.1) is 0 Å². The maximum absolute atomic E-state index is 4.87.